The van der Waals surface area contributed by atoms with Crippen molar-refractivity contribution in [2.24, 2.45) is 0 Å². The number of likely N-dealkylation sites (N-methyl/N-ethyl adjacent to an activating group) is 1. The van der Waals surface area contributed by atoms with E-state index in [-0.39, 0.29) is 11.6 Å². The van der Waals surface area contributed by atoms with E-state index in [0.717, 1.165) is 18.7 Å². The Balaban J connectivity index is 2.93. The van der Waals surface area contributed by atoms with Crippen LogP contribution in [-0.4, -0.2) is 12.6 Å². The first kappa shape index (κ1) is 14.7. The van der Waals surface area contributed by atoms with Crippen molar-refractivity contribution in [3.63, 3.8) is 0 Å². The first-order chi connectivity index (χ1) is 8.32. The molecule has 1 rings (SSSR count). The van der Waals surface area contributed by atoms with Gasteiger partial charge < -0.3 is 5.32 Å². The zero-order valence-electron chi connectivity index (χ0n) is 10.2. The van der Waals surface area contributed by atoms with E-state index >= 15 is 0 Å². The lowest BCUT2D eigenvalue weighted by Crippen LogP contribution is -2.22. The number of nitrogens with one attached hydrogen (secondary N) is 1. The third-order valence-corrected chi connectivity index (χ3v) is 2.35. The van der Waals surface area contributed by atoms with Crippen LogP contribution in [0.1, 0.15) is 25.0 Å². The van der Waals surface area contributed by atoms with Crippen molar-refractivity contribution in [3.8, 4) is 0 Å². The SMILES string of the molecule is CCNC(C)/C=C/c1cc(F)cc(C(F)(F)F)c1. The maximum Gasteiger partial charge on any atom is 0.416 e. The Bertz CT molecular complexity index is 423. The predicted octanol–water partition coefficient (Wildman–Crippen LogP) is 3.86. The van der Waals surface area contributed by atoms with Crippen LogP contribution in [0.15, 0.2) is 24.3 Å². The second-order valence-corrected chi connectivity index (χ2v) is 3.98. The molecule has 0 aromatic heterocycles. The lowest BCUT2D eigenvalue weighted by atomic mass is 10.1. The van der Waals surface area contributed by atoms with Crippen molar-refractivity contribution in [1.29, 1.82) is 0 Å². The molecule has 1 aromatic rings. The van der Waals surface area contributed by atoms with E-state index in [1.807, 2.05) is 13.8 Å². The molecule has 5 heteroatoms. The molecule has 0 saturated carbocycles. The summed E-state index contributed by atoms with van der Waals surface area (Å²) < 4.78 is 50.5. The number of alkyl halides is 3. The Kier molecular flexibility index (Phi) is 4.90. The summed E-state index contributed by atoms with van der Waals surface area (Å²) in [5, 5.41) is 3.07. The molecule has 0 amide bonds. The lowest BCUT2D eigenvalue weighted by molar-refractivity contribution is -0.137. The standard InChI is InChI=1S/C13H15F4N/c1-3-18-9(2)4-5-10-6-11(13(15,16)17)8-12(14)7-10/h4-9,18H,3H2,1-2H3/b5-4+. The summed E-state index contributed by atoms with van der Waals surface area (Å²) in [6, 6.07) is 2.51. The van der Waals surface area contributed by atoms with Crippen molar-refractivity contribution in [2.45, 2.75) is 26.1 Å². The molecule has 18 heavy (non-hydrogen) atoms. The fourth-order valence-corrected chi connectivity index (χ4v) is 1.52. The Morgan fingerprint density at radius 2 is 1.94 bits per heavy atom. The van der Waals surface area contributed by atoms with Gasteiger partial charge in [-0.25, -0.2) is 4.39 Å². The second-order valence-electron chi connectivity index (χ2n) is 3.98. The molecular weight excluding hydrogens is 246 g/mol. The average Bonchev–Trinajstić information content (AvgIpc) is 2.25. The molecule has 1 N–H and O–H groups in total. The van der Waals surface area contributed by atoms with E-state index in [1.54, 1.807) is 6.08 Å². The number of hydrogen-bond acceptors (Lipinski definition) is 1. The van der Waals surface area contributed by atoms with Gasteiger partial charge in [0.1, 0.15) is 5.82 Å². The summed E-state index contributed by atoms with van der Waals surface area (Å²) >= 11 is 0. The van der Waals surface area contributed by atoms with Gasteiger partial charge in [-0.2, -0.15) is 13.2 Å². The molecule has 1 unspecified atom stereocenters. The maximum atomic E-state index is 13.1. The van der Waals surface area contributed by atoms with Crippen molar-refractivity contribution < 1.29 is 17.6 Å². The minimum Gasteiger partial charge on any atom is -0.311 e. The second kappa shape index (κ2) is 6.00. The minimum absolute atomic E-state index is 0.0209. The van der Waals surface area contributed by atoms with Crippen LogP contribution in [0, 0.1) is 5.82 Å². The van der Waals surface area contributed by atoms with E-state index in [0.29, 0.717) is 6.07 Å². The Morgan fingerprint density at radius 3 is 2.50 bits per heavy atom. The highest BCUT2D eigenvalue weighted by Gasteiger charge is 2.31. The fourth-order valence-electron chi connectivity index (χ4n) is 1.52. The molecule has 1 nitrogen and oxygen atoms in total. The third kappa shape index (κ3) is 4.49. The van der Waals surface area contributed by atoms with Gasteiger partial charge in [0.15, 0.2) is 0 Å². The van der Waals surface area contributed by atoms with E-state index < -0.39 is 17.6 Å². The minimum atomic E-state index is -4.53. The van der Waals surface area contributed by atoms with E-state index in [4.69, 9.17) is 0 Å². The summed E-state index contributed by atoms with van der Waals surface area (Å²) in [5.74, 6) is -0.888. The van der Waals surface area contributed by atoms with Crippen LogP contribution in [0.5, 0.6) is 0 Å². The molecule has 1 aromatic carbocycles. The van der Waals surface area contributed by atoms with Gasteiger partial charge in [-0.3, -0.25) is 0 Å². The Morgan fingerprint density at radius 1 is 1.28 bits per heavy atom. The van der Waals surface area contributed by atoms with Crippen LogP contribution in [0.2, 0.25) is 0 Å². The number of rotatable bonds is 4. The third-order valence-electron chi connectivity index (χ3n) is 2.35. The fraction of sp³-hybridized carbons (Fsp3) is 0.385. The van der Waals surface area contributed by atoms with E-state index in [1.165, 1.54) is 6.08 Å². The molecule has 0 fully saturated rings. The molecule has 1 atom stereocenters. The van der Waals surface area contributed by atoms with Crippen LogP contribution >= 0.6 is 0 Å². The van der Waals surface area contributed by atoms with Gasteiger partial charge in [-0.1, -0.05) is 19.1 Å². The molecular formula is C13H15F4N. The first-order valence-electron chi connectivity index (χ1n) is 5.62. The number of hydrogen-bond donors (Lipinski definition) is 1. The van der Waals surface area contributed by atoms with Gasteiger partial charge in [0.05, 0.1) is 5.56 Å². The molecule has 0 aliphatic rings. The molecule has 0 radical (unpaired) electrons. The van der Waals surface area contributed by atoms with Gasteiger partial charge in [0.25, 0.3) is 0 Å². The smallest absolute Gasteiger partial charge is 0.311 e. The number of halogens is 4. The van der Waals surface area contributed by atoms with Crippen LogP contribution in [0.3, 0.4) is 0 Å². The quantitative estimate of drug-likeness (QED) is 0.812. The number of benzene rings is 1. The lowest BCUT2D eigenvalue weighted by Gasteiger charge is -2.09. The summed E-state index contributed by atoms with van der Waals surface area (Å²) in [6.07, 6.45) is -1.36. The van der Waals surface area contributed by atoms with Crippen molar-refractivity contribution in [3.05, 3.63) is 41.2 Å². The maximum absolute atomic E-state index is 13.1. The van der Waals surface area contributed by atoms with Gasteiger partial charge >= 0.3 is 6.18 Å². The largest absolute Gasteiger partial charge is 0.416 e. The zero-order chi connectivity index (χ0) is 13.8. The van der Waals surface area contributed by atoms with Gasteiger partial charge in [-0.15, -0.1) is 0 Å². The van der Waals surface area contributed by atoms with Gasteiger partial charge in [0, 0.05) is 6.04 Å². The normalized spacial score (nSPS) is 14.1. The van der Waals surface area contributed by atoms with Crippen molar-refractivity contribution in [2.75, 3.05) is 6.54 Å². The van der Waals surface area contributed by atoms with Crippen molar-refractivity contribution in [1.82, 2.24) is 5.32 Å². The van der Waals surface area contributed by atoms with E-state index in [9.17, 15) is 17.6 Å². The van der Waals surface area contributed by atoms with Crippen molar-refractivity contribution >= 4 is 6.08 Å². The van der Waals surface area contributed by atoms with Gasteiger partial charge in [-0.05, 0) is 37.2 Å². The Labute approximate surface area is 104 Å². The zero-order valence-corrected chi connectivity index (χ0v) is 10.2. The molecule has 0 saturated heterocycles. The van der Waals surface area contributed by atoms with Crippen LogP contribution in [-0.2, 0) is 6.18 Å². The average molecular weight is 261 g/mol. The van der Waals surface area contributed by atoms with Crippen LogP contribution < -0.4 is 5.32 Å². The monoisotopic (exact) mass is 261 g/mol. The molecule has 0 spiro atoms. The first-order valence-corrected chi connectivity index (χ1v) is 5.62. The highest BCUT2D eigenvalue weighted by molar-refractivity contribution is 5.51. The van der Waals surface area contributed by atoms with Gasteiger partial charge in [0.2, 0.25) is 0 Å². The molecule has 0 aliphatic carbocycles. The molecule has 0 heterocycles. The summed E-state index contributed by atoms with van der Waals surface area (Å²) in [6.45, 7) is 4.54. The summed E-state index contributed by atoms with van der Waals surface area (Å²) in [7, 11) is 0. The molecule has 0 bridgehead atoms. The predicted molar refractivity (Wildman–Crippen MR) is 63.6 cm³/mol. The highest BCUT2D eigenvalue weighted by atomic mass is 19.4. The summed E-state index contributed by atoms with van der Waals surface area (Å²) in [4.78, 5) is 0. The Hall–Kier alpha value is -1.36. The molecule has 100 valence electrons. The van der Waals surface area contributed by atoms with Crippen LogP contribution in [0.25, 0.3) is 6.08 Å². The highest BCUT2D eigenvalue weighted by Crippen LogP contribution is 2.30. The molecule has 0 aliphatic heterocycles. The summed E-state index contributed by atoms with van der Waals surface area (Å²) in [5.41, 5.74) is -0.773. The van der Waals surface area contributed by atoms with E-state index in [2.05, 4.69) is 5.32 Å². The topological polar surface area (TPSA) is 12.0 Å². The van der Waals surface area contributed by atoms with Crippen LogP contribution in [0.4, 0.5) is 17.6 Å².